The fraction of sp³-hybridized carbons (Fsp3) is 0.118. The number of hydrogen-bond acceptors (Lipinski definition) is 3. The van der Waals surface area contributed by atoms with Crippen molar-refractivity contribution in [3.63, 3.8) is 0 Å². The standard InChI is InChI=1S/C17H15ClO3/c1-12(19)9-16(20)15-10-14(18)7-8-17(15)21-11-13-5-3-2-4-6-13/h2-10,19H,11H2,1H3/b12-9-. The Morgan fingerprint density at radius 2 is 1.95 bits per heavy atom. The van der Waals surface area contributed by atoms with Gasteiger partial charge in [0, 0.05) is 11.1 Å². The summed E-state index contributed by atoms with van der Waals surface area (Å²) in [6.45, 7) is 1.79. The molecule has 2 aromatic rings. The molecule has 0 saturated heterocycles. The number of carbonyl (C=O) groups is 1. The van der Waals surface area contributed by atoms with E-state index in [4.69, 9.17) is 16.3 Å². The Balaban J connectivity index is 2.23. The van der Waals surface area contributed by atoms with Gasteiger partial charge < -0.3 is 9.84 Å². The molecule has 0 spiro atoms. The number of carbonyl (C=O) groups excluding carboxylic acids is 1. The number of halogens is 1. The van der Waals surface area contributed by atoms with Crippen molar-refractivity contribution in [3.05, 3.63) is 76.5 Å². The van der Waals surface area contributed by atoms with E-state index in [-0.39, 0.29) is 11.5 Å². The lowest BCUT2D eigenvalue weighted by molar-refractivity contribution is 0.103. The zero-order valence-electron chi connectivity index (χ0n) is 11.5. The smallest absolute Gasteiger partial charge is 0.192 e. The van der Waals surface area contributed by atoms with Crippen LogP contribution in [0.15, 0.2) is 60.4 Å². The van der Waals surface area contributed by atoms with Crippen LogP contribution in [-0.4, -0.2) is 10.9 Å². The lowest BCUT2D eigenvalue weighted by Crippen LogP contribution is -2.03. The Morgan fingerprint density at radius 3 is 2.62 bits per heavy atom. The summed E-state index contributed by atoms with van der Waals surface area (Å²) >= 11 is 5.92. The van der Waals surface area contributed by atoms with Gasteiger partial charge in [0.05, 0.1) is 11.3 Å². The zero-order valence-corrected chi connectivity index (χ0v) is 12.3. The fourth-order valence-corrected chi connectivity index (χ4v) is 2.00. The number of aliphatic hydroxyl groups excluding tert-OH is 1. The summed E-state index contributed by atoms with van der Waals surface area (Å²) in [5.74, 6) is 0.0281. The van der Waals surface area contributed by atoms with Crippen molar-refractivity contribution in [2.75, 3.05) is 0 Å². The van der Waals surface area contributed by atoms with Crippen molar-refractivity contribution < 1.29 is 14.6 Å². The first kappa shape index (κ1) is 15.1. The monoisotopic (exact) mass is 302 g/mol. The highest BCUT2D eigenvalue weighted by Gasteiger charge is 2.12. The van der Waals surface area contributed by atoms with Crippen molar-refractivity contribution in [1.82, 2.24) is 0 Å². The second-order valence-electron chi connectivity index (χ2n) is 4.56. The molecular formula is C17H15ClO3. The van der Waals surface area contributed by atoms with Crippen LogP contribution < -0.4 is 4.74 Å². The van der Waals surface area contributed by atoms with Gasteiger partial charge in [-0.1, -0.05) is 41.9 Å². The molecule has 0 aromatic heterocycles. The summed E-state index contributed by atoms with van der Waals surface area (Å²) in [7, 11) is 0. The van der Waals surface area contributed by atoms with Crippen LogP contribution in [-0.2, 0) is 6.61 Å². The first-order valence-electron chi connectivity index (χ1n) is 6.44. The molecule has 0 aliphatic rings. The molecule has 2 rings (SSSR count). The number of hydrogen-bond donors (Lipinski definition) is 1. The van der Waals surface area contributed by atoms with Crippen molar-refractivity contribution in [3.8, 4) is 5.75 Å². The topological polar surface area (TPSA) is 46.5 Å². The number of allylic oxidation sites excluding steroid dienone is 2. The van der Waals surface area contributed by atoms with E-state index in [1.807, 2.05) is 30.3 Å². The molecular weight excluding hydrogens is 288 g/mol. The van der Waals surface area contributed by atoms with Gasteiger partial charge in [-0.05, 0) is 30.7 Å². The van der Waals surface area contributed by atoms with E-state index in [1.165, 1.54) is 13.0 Å². The third-order valence-electron chi connectivity index (χ3n) is 2.78. The average Bonchev–Trinajstić information content (AvgIpc) is 2.46. The van der Waals surface area contributed by atoms with Gasteiger partial charge in [0.1, 0.15) is 12.4 Å². The van der Waals surface area contributed by atoms with Crippen molar-refractivity contribution in [2.24, 2.45) is 0 Å². The van der Waals surface area contributed by atoms with Crippen LogP contribution in [0.3, 0.4) is 0 Å². The van der Waals surface area contributed by atoms with Crippen LogP contribution in [0, 0.1) is 0 Å². The van der Waals surface area contributed by atoms with Crippen LogP contribution in [0.25, 0.3) is 0 Å². The van der Waals surface area contributed by atoms with Crippen molar-refractivity contribution in [1.29, 1.82) is 0 Å². The normalized spacial score (nSPS) is 11.2. The summed E-state index contributed by atoms with van der Waals surface area (Å²) in [4.78, 5) is 12.1. The van der Waals surface area contributed by atoms with E-state index in [2.05, 4.69) is 0 Å². The van der Waals surface area contributed by atoms with Gasteiger partial charge in [-0.15, -0.1) is 0 Å². The number of aliphatic hydroxyl groups is 1. The van der Waals surface area contributed by atoms with E-state index in [1.54, 1.807) is 12.1 Å². The molecule has 0 heterocycles. The first-order chi connectivity index (χ1) is 10.1. The molecule has 0 unspecified atom stereocenters. The molecule has 2 aromatic carbocycles. The molecule has 0 aliphatic carbocycles. The van der Waals surface area contributed by atoms with E-state index >= 15 is 0 Å². The molecule has 0 radical (unpaired) electrons. The molecule has 3 nitrogen and oxygen atoms in total. The maximum atomic E-state index is 12.1. The zero-order chi connectivity index (χ0) is 15.2. The molecule has 0 aliphatic heterocycles. The summed E-state index contributed by atoms with van der Waals surface area (Å²) in [6, 6.07) is 14.5. The molecule has 0 saturated carbocycles. The minimum absolute atomic E-state index is 0.0611. The molecule has 4 heteroatoms. The second kappa shape index (κ2) is 6.95. The van der Waals surface area contributed by atoms with Crippen LogP contribution in [0.5, 0.6) is 5.75 Å². The van der Waals surface area contributed by atoms with Gasteiger partial charge in [-0.3, -0.25) is 4.79 Å². The Morgan fingerprint density at radius 1 is 1.24 bits per heavy atom. The third-order valence-corrected chi connectivity index (χ3v) is 3.02. The Bertz CT molecular complexity index is 659. The van der Waals surface area contributed by atoms with E-state index in [9.17, 15) is 9.90 Å². The quantitative estimate of drug-likeness (QED) is 0.500. The number of rotatable bonds is 5. The third kappa shape index (κ3) is 4.36. The second-order valence-corrected chi connectivity index (χ2v) is 5.00. The van der Waals surface area contributed by atoms with E-state index in [0.29, 0.717) is 22.9 Å². The molecule has 0 atom stereocenters. The van der Waals surface area contributed by atoms with Gasteiger partial charge in [-0.2, -0.15) is 0 Å². The van der Waals surface area contributed by atoms with Crippen LogP contribution in [0.4, 0.5) is 0 Å². The predicted molar refractivity (Wildman–Crippen MR) is 82.9 cm³/mol. The van der Waals surface area contributed by atoms with Gasteiger partial charge in [0.2, 0.25) is 0 Å². The van der Waals surface area contributed by atoms with E-state index in [0.717, 1.165) is 11.6 Å². The summed E-state index contributed by atoms with van der Waals surface area (Å²) in [5.41, 5.74) is 1.33. The maximum absolute atomic E-state index is 12.1. The Hall–Kier alpha value is -2.26. The number of ether oxygens (including phenoxy) is 1. The highest BCUT2D eigenvalue weighted by Crippen LogP contribution is 2.25. The first-order valence-corrected chi connectivity index (χ1v) is 6.82. The molecule has 1 N–H and O–H groups in total. The SMILES string of the molecule is C/C(O)=C/C(=O)c1cc(Cl)ccc1OCc1ccccc1. The van der Waals surface area contributed by atoms with E-state index < -0.39 is 0 Å². The van der Waals surface area contributed by atoms with Gasteiger partial charge in [-0.25, -0.2) is 0 Å². The lowest BCUT2D eigenvalue weighted by Gasteiger charge is -2.10. The molecule has 108 valence electrons. The molecule has 0 bridgehead atoms. The van der Waals surface area contributed by atoms with Gasteiger partial charge in [0.25, 0.3) is 0 Å². The highest BCUT2D eigenvalue weighted by molar-refractivity contribution is 6.31. The molecule has 0 amide bonds. The molecule has 0 fully saturated rings. The highest BCUT2D eigenvalue weighted by atomic mass is 35.5. The van der Waals surface area contributed by atoms with Crippen LogP contribution >= 0.6 is 11.6 Å². The maximum Gasteiger partial charge on any atom is 0.192 e. The molecule has 21 heavy (non-hydrogen) atoms. The van der Waals surface area contributed by atoms with Gasteiger partial charge in [0.15, 0.2) is 5.78 Å². The van der Waals surface area contributed by atoms with Crippen molar-refractivity contribution in [2.45, 2.75) is 13.5 Å². The van der Waals surface area contributed by atoms with Crippen molar-refractivity contribution >= 4 is 17.4 Å². The minimum Gasteiger partial charge on any atom is -0.512 e. The lowest BCUT2D eigenvalue weighted by atomic mass is 10.1. The summed E-state index contributed by atoms with van der Waals surface area (Å²) in [6.07, 6.45) is 1.14. The van der Waals surface area contributed by atoms with Crippen LogP contribution in [0.2, 0.25) is 5.02 Å². The predicted octanol–water partition coefficient (Wildman–Crippen LogP) is 4.56. The average molecular weight is 303 g/mol. The number of benzene rings is 2. The summed E-state index contributed by atoms with van der Waals surface area (Å²) < 4.78 is 5.69. The fourth-order valence-electron chi connectivity index (χ4n) is 1.82. The largest absolute Gasteiger partial charge is 0.512 e. The summed E-state index contributed by atoms with van der Waals surface area (Å²) in [5, 5.41) is 9.66. The Kier molecular flexibility index (Phi) is 5.01. The van der Waals surface area contributed by atoms with Gasteiger partial charge >= 0.3 is 0 Å². The number of ketones is 1. The van der Waals surface area contributed by atoms with Crippen LogP contribution in [0.1, 0.15) is 22.8 Å². The Labute approximate surface area is 128 Å². The minimum atomic E-state index is -0.347.